The van der Waals surface area contributed by atoms with Crippen LogP contribution in [-0.2, 0) is 10.0 Å². The molecule has 4 rings (SSSR count). The molecule has 0 unspecified atom stereocenters. The lowest BCUT2D eigenvalue weighted by atomic mass is 10.3. The van der Waals surface area contributed by atoms with Gasteiger partial charge in [0.05, 0.1) is 4.90 Å². The van der Waals surface area contributed by atoms with Crippen molar-refractivity contribution in [1.29, 1.82) is 0 Å². The van der Waals surface area contributed by atoms with Gasteiger partial charge in [0.2, 0.25) is 10.0 Å². The van der Waals surface area contributed by atoms with Gasteiger partial charge in [-0.3, -0.25) is 0 Å². The molecule has 0 amide bonds. The number of rotatable bonds is 3. The van der Waals surface area contributed by atoms with E-state index in [4.69, 9.17) is 4.42 Å². The smallest absolute Gasteiger partial charge is 0.298 e. The zero-order chi connectivity index (χ0) is 17.4. The molecule has 1 aromatic heterocycles. The minimum Gasteiger partial charge on any atom is -0.423 e. The van der Waals surface area contributed by atoms with E-state index in [2.05, 4.69) is 20.9 Å². The third-order valence-electron chi connectivity index (χ3n) is 4.23. The van der Waals surface area contributed by atoms with Crippen LogP contribution in [0.25, 0.3) is 11.1 Å². The summed E-state index contributed by atoms with van der Waals surface area (Å²) in [6, 6.07) is 14.9. The predicted molar refractivity (Wildman–Crippen MR) is 99.1 cm³/mol. The van der Waals surface area contributed by atoms with Crippen LogP contribution in [0, 0.1) is 0 Å². The lowest BCUT2D eigenvalue weighted by Gasteiger charge is -2.33. The maximum Gasteiger partial charge on any atom is 0.298 e. The van der Waals surface area contributed by atoms with Gasteiger partial charge < -0.3 is 9.32 Å². The summed E-state index contributed by atoms with van der Waals surface area (Å²) in [6.07, 6.45) is 0. The number of piperazine rings is 1. The third kappa shape index (κ3) is 3.17. The first-order valence-electron chi connectivity index (χ1n) is 7.90. The molecular formula is C17H16BrN3O3S. The van der Waals surface area contributed by atoms with E-state index in [0.29, 0.717) is 37.1 Å². The Hall–Kier alpha value is -1.90. The van der Waals surface area contributed by atoms with Crippen molar-refractivity contribution < 1.29 is 12.8 Å². The van der Waals surface area contributed by atoms with Gasteiger partial charge in [-0.25, -0.2) is 8.42 Å². The predicted octanol–water partition coefficient (Wildman–Crippen LogP) is 3.10. The Kier molecular flexibility index (Phi) is 4.26. The third-order valence-corrected chi connectivity index (χ3v) is 6.61. The van der Waals surface area contributed by atoms with Crippen molar-refractivity contribution in [3.8, 4) is 0 Å². The normalized spacial score (nSPS) is 16.4. The Labute approximate surface area is 154 Å². The van der Waals surface area contributed by atoms with E-state index in [1.807, 2.05) is 35.2 Å². The molecule has 0 saturated carbocycles. The van der Waals surface area contributed by atoms with Gasteiger partial charge >= 0.3 is 0 Å². The van der Waals surface area contributed by atoms with Crippen molar-refractivity contribution in [3.05, 3.63) is 53.0 Å². The molecule has 6 nitrogen and oxygen atoms in total. The summed E-state index contributed by atoms with van der Waals surface area (Å²) in [7, 11) is -3.49. The number of halogens is 1. The molecule has 8 heteroatoms. The van der Waals surface area contributed by atoms with Crippen LogP contribution in [0.3, 0.4) is 0 Å². The van der Waals surface area contributed by atoms with Gasteiger partial charge in [0.1, 0.15) is 5.52 Å². The number of oxazole rings is 1. The van der Waals surface area contributed by atoms with E-state index < -0.39 is 10.0 Å². The SMILES string of the molecule is O=S(=O)(c1cccc(Br)c1)N1CCN(c2nc3ccccc3o2)CC1. The molecule has 0 N–H and O–H groups in total. The van der Waals surface area contributed by atoms with Crippen molar-refractivity contribution >= 4 is 43.1 Å². The lowest BCUT2D eigenvalue weighted by Crippen LogP contribution is -2.48. The molecule has 25 heavy (non-hydrogen) atoms. The Morgan fingerprint density at radius 2 is 1.76 bits per heavy atom. The van der Waals surface area contributed by atoms with E-state index in [0.717, 1.165) is 15.6 Å². The molecule has 1 fully saturated rings. The van der Waals surface area contributed by atoms with Crippen LogP contribution in [0.4, 0.5) is 6.01 Å². The standard InChI is InChI=1S/C17H16BrN3O3S/c18-13-4-3-5-14(12-13)25(22,23)21-10-8-20(9-11-21)17-19-15-6-1-2-7-16(15)24-17/h1-7,12H,8-11H2. The Balaban J connectivity index is 1.51. The van der Waals surface area contributed by atoms with E-state index in [-0.39, 0.29) is 0 Å². The number of sulfonamides is 1. The second kappa shape index (κ2) is 6.44. The number of nitrogens with zero attached hydrogens (tertiary/aromatic N) is 3. The van der Waals surface area contributed by atoms with E-state index in [1.54, 1.807) is 18.2 Å². The quantitative estimate of drug-likeness (QED) is 0.649. The monoisotopic (exact) mass is 421 g/mol. The fourth-order valence-electron chi connectivity index (χ4n) is 2.89. The fourth-order valence-corrected chi connectivity index (χ4v) is 4.91. The summed E-state index contributed by atoms with van der Waals surface area (Å²) in [5, 5.41) is 0. The zero-order valence-electron chi connectivity index (χ0n) is 13.3. The van der Waals surface area contributed by atoms with Crippen LogP contribution in [0.1, 0.15) is 0 Å². The van der Waals surface area contributed by atoms with Crippen LogP contribution >= 0.6 is 15.9 Å². The fraction of sp³-hybridized carbons (Fsp3) is 0.235. The van der Waals surface area contributed by atoms with Gasteiger partial charge in [-0.05, 0) is 30.3 Å². The molecule has 0 aliphatic carbocycles. The van der Waals surface area contributed by atoms with E-state index in [9.17, 15) is 8.42 Å². The molecule has 1 aliphatic heterocycles. The first-order valence-corrected chi connectivity index (χ1v) is 10.1. The van der Waals surface area contributed by atoms with Crippen molar-refractivity contribution in [2.75, 3.05) is 31.1 Å². The Morgan fingerprint density at radius 3 is 2.48 bits per heavy atom. The molecule has 1 aliphatic rings. The van der Waals surface area contributed by atoms with E-state index in [1.165, 1.54) is 4.31 Å². The van der Waals surface area contributed by atoms with Crippen molar-refractivity contribution in [2.45, 2.75) is 4.90 Å². The van der Waals surface area contributed by atoms with Gasteiger partial charge in [0.25, 0.3) is 6.01 Å². The number of hydrogen-bond acceptors (Lipinski definition) is 5. The minimum absolute atomic E-state index is 0.303. The average molecular weight is 422 g/mol. The molecular weight excluding hydrogens is 406 g/mol. The van der Waals surface area contributed by atoms with Crippen molar-refractivity contribution in [3.63, 3.8) is 0 Å². The highest BCUT2D eigenvalue weighted by Crippen LogP contribution is 2.25. The second-order valence-electron chi connectivity index (χ2n) is 5.81. The Morgan fingerprint density at radius 1 is 1.00 bits per heavy atom. The highest BCUT2D eigenvalue weighted by molar-refractivity contribution is 9.10. The molecule has 0 spiro atoms. The molecule has 0 radical (unpaired) electrons. The Bertz CT molecular complexity index is 978. The number of benzene rings is 2. The van der Waals surface area contributed by atoms with Crippen LogP contribution in [0.15, 0.2) is 62.3 Å². The van der Waals surface area contributed by atoms with Gasteiger partial charge in [-0.1, -0.05) is 34.1 Å². The summed E-state index contributed by atoms with van der Waals surface area (Å²) in [5.41, 5.74) is 1.54. The highest BCUT2D eigenvalue weighted by Gasteiger charge is 2.30. The summed E-state index contributed by atoms with van der Waals surface area (Å²) in [5.74, 6) is 0. The van der Waals surface area contributed by atoms with Crippen LogP contribution in [0.5, 0.6) is 0 Å². The number of aromatic nitrogens is 1. The molecule has 130 valence electrons. The molecule has 1 saturated heterocycles. The summed E-state index contributed by atoms with van der Waals surface area (Å²) < 4.78 is 33.6. The maximum atomic E-state index is 12.8. The van der Waals surface area contributed by atoms with Gasteiger partial charge in [0.15, 0.2) is 5.58 Å². The molecule has 3 aromatic rings. The minimum atomic E-state index is -3.49. The van der Waals surface area contributed by atoms with Crippen LogP contribution < -0.4 is 4.90 Å². The maximum absolute atomic E-state index is 12.8. The highest BCUT2D eigenvalue weighted by atomic mass is 79.9. The second-order valence-corrected chi connectivity index (χ2v) is 8.67. The topological polar surface area (TPSA) is 66.7 Å². The van der Waals surface area contributed by atoms with Crippen LogP contribution in [-0.4, -0.2) is 43.9 Å². The van der Waals surface area contributed by atoms with Crippen LogP contribution in [0.2, 0.25) is 0 Å². The number of fused-ring (bicyclic) bond motifs is 1. The molecule has 2 heterocycles. The summed E-state index contributed by atoms with van der Waals surface area (Å²) >= 11 is 3.32. The van der Waals surface area contributed by atoms with Gasteiger partial charge in [0, 0.05) is 30.7 Å². The molecule has 2 aromatic carbocycles. The largest absolute Gasteiger partial charge is 0.423 e. The lowest BCUT2D eigenvalue weighted by molar-refractivity contribution is 0.373. The summed E-state index contributed by atoms with van der Waals surface area (Å²) in [4.78, 5) is 6.76. The van der Waals surface area contributed by atoms with Crippen molar-refractivity contribution in [2.24, 2.45) is 0 Å². The number of para-hydroxylation sites is 2. The number of hydrogen-bond donors (Lipinski definition) is 0. The van der Waals surface area contributed by atoms with E-state index >= 15 is 0 Å². The number of anilines is 1. The summed E-state index contributed by atoms with van der Waals surface area (Å²) in [6.45, 7) is 1.88. The zero-order valence-corrected chi connectivity index (χ0v) is 15.7. The van der Waals surface area contributed by atoms with Gasteiger partial charge in [-0.15, -0.1) is 0 Å². The first-order chi connectivity index (χ1) is 12.0. The average Bonchev–Trinajstić information content (AvgIpc) is 3.06. The molecule has 0 atom stereocenters. The van der Waals surface area contributed by atoms with Crippen molar-refractivity contribution in [1.82, 2.24) is 9.29 Å². The first kappa shape index (κ1) is 16.6. The van der Waals surface area contributed by atoms with Gasteiger partial charge in [-0.2, -0.15) is 9.29 Å². The molecule has 0 bridgehead atoms.